The summed E-state index contributed by atoms with van der Waals surface area (Å²) in [5.41, 5.74) is 3.27. The van der Waals surface area contributed by atoms with E-state index >= 15 is 19.2 Å². The van der Waals surface area contributed by atoms with Crippen LogP contribution in [0.25, 0.3) is 22.6 Å². The Morgan fingerprint density at radius 3 is 1.51 bits per heavy atom. The van der Waals surface area contributed by atoms with Gasteiger partial charge in [0.25, 0.3) is 11.8 Å². The van der Waals surface area contributed by atoms with Crippen molar-refractivity contribution in [3.63, 3.8) is 0 Å². The van der Waals surface area contributed by atoms with E-state index in [2.05, 4.69) is 26.2 Å². The maximum absolute atomic E-state index is 15.6. The van der Waals surface area contributed by atoms with E-state index in [1.54, 1.807) is 62.3 Å². The number of carbonyl (C=O) groups excluding carboxylic acids is 12. The van der Waals surface area contributed by atoms with Crippen molar-refractivity contribution >= 4 is 87.8 Å². The normalized spacial score (nSPS) is 26.1. The Bertz CT molecular complexity index is 3620. The van der Waals surface area contributed by atoms with Gasteiger partial charge in [0.05, 0.1) is 29.9 Å². The number of ether oxygens (including phenoxy) is 3. The first-order valence-corrected chi connectivity index (χ1v) is 32.9. The third kappa shape index (κ3) is 15.0. The lowest BCUT2D eigenvalue weighted by Crippen LogP contribution is -2.61. The summed E-state index contributed by atoms with van der Waals surface area (Å²) in [7, 11) is 5.59. The van der Waals surface area contributed by atoms with Crippen molar-refractivity contribution in [3.8, 4) is 17.2 Å². The highest BCUT2D eigenvalue weighted by molar-refractivity contribution is 6.11. The van der Waals surface area contributed by atoms with Crippen LogP contribution in [0.3, 0.4) is 0 Å². The molecule has 0 saturated carbocycles. The third-order valence-electron chi connectivity index (χ3n) is 18.9. The molecular formula is C66H93N13O17. The number of amides is 10. The first-order valence-electron chi connectivity index (χ1n) is 32.9. The summed E-state index contributed by atoms with van der Waals surface area (Å²) < 4.78 is 24.9. The average molecular weight is 1340 g/mol. The zero-order valence-corrected chi connectivity index (χ0v) is 57.7. The standard InChI is InChI=1S/C66H93N13O17/c1-30(2)46-63(89)78-21-17-19-39(78)61(87)73(13)28-42(80)75(15)52(32(5)6)65(91)94-36(11)48(59(85)69-46)71-57(83)38-27-41(93-26-25-77-23-24-77)34(9)55-50(38)68-51-44(45(67)54(82)35(10)56(51)96-55)58(84)72-49-37(12)95-66(92)53(33(7)8)76(16)43(81)29-74(14)62(88)40-20-18-22-79(40)64(90)47(31(3)4)70-60(49)86/h27,30-33,36-37,39-40,46-49,52-53H,17-26,28-29,67H2,1-16H3,(H,69,85)(H,70,86)(H,71,83)(H,72,84)/t36-,37-,39+,40+,46-,47-,48+,49+,52+,53+/m1/s1. The SMILES string of the molecule is Cc1c2oc3c(C)c(OCCN4CC4)cc(C(=O)N[C@@H]4C(=O)N[C@H](C(C)C)C(=O)N5CCC[C@H]5C(=O)N(C)CC(=O)N(C)[C@@H](C(C)C)C(=O)O[C@@H]4C)c3nc-2c(C(=O)N[C@@H]2C(=O)N[C@H](C(C)C)C(=O)N3CCC[C@H]3C(=O)N(C)CC(=O)N(C)[C@@H](C(C)C)C(=O)O[C@@H]2C)c(N)c1=O. The van der Waals surface area contributed by atoms with Crippen molar-refractivity contribution < 1.29 is 76.2 Å². The highest BCUT2D eigenvalue weighted by atomic mass is 16.6. The van der Waals surface area contributed by atoms with Gasteiger partial charge in [0.1, 0.15) is 84.1 Å². The molecule has 0 unspecified atom stereocenters. The molecule has 0 aromatic heterocycles. The number of nitrogens with two attached hydrogens (primary N) is 1. The number of hydrogen-bond acceptors (Lipinski definition) is 20. The number of likely N-dealkylation sites (N-methyl/N-ethyl adjacent to an activating group) is 4. The molecule has 6 aliphatic heterocycles. The van der Waals surface area contributed by atoms with Crippen LogP contribution in [0, 0.1) is 37.5 Å². The second-order valence-electron chi connectivity index (χ2n) is 27.4. The number of hydrogen-bond donors (Lipinski definition) is 5. The molecule has 6 heterocycles. The molecule has 0 spiro atoms. The van der Waals surface area contributed by atoms with Gasteiger partial charge < -0.3 is 75.0 Å². The van der Waals surface area contributed by atoms with Crippen molar-refractivity contribution in [1.29, 1.82) is 0 Å². The predicted octanol–water partition coefficient (Wildman–Crippen LogP) is 0.420. The third-order valence-corrected chi connectivity index (χ3v) is 18.9. The molecule has 1 aromatic carbocycles. The molecule has 0 radical (unpaired) electrons. The molecule has 5 saturated heterocycles. The molecule has 30 nitrogen and oxygen atoms in total. The van der Waals surface area contributed by atoms with Crippen LogP contribution in [0.15, 0.2) is 15.3 Å². The van der Waals surface area contributed by atoms with E-state index in [4.69, 9.17) is 29.3 Å². The minimum absolute atomic E-state index is 0.0928. The number of anilines is 1. The second-order valence-corrected chi connectivity index (χ2v) is 27.4. The summed E-state index contributed by atoms with van der Waals surface area (Å²) in [4.78, 5) is 204. The van der Waals surface area contributed by atoms with Gasteiger partial charge in [0.15, 0.2) is 11.3 Å². The summed E-state index contributed by atoms with van der Waals surface area (Å²) in [5.74, 6) is -12.5. The van der Waals surface area contributed by atoms with E-state index in [0.717, 1.165) is 22.9 Å². The number of nitrogen functional groups attached to an aromatic ring is 1. The van der Waals surface area contributed by atoms with Crippen molar-refractivity contribution in [3.05, 3.63) is 38.5 Å². The highest BCUT2D eigenvalue weighted by Crippen LogP contribution is 2.38. The van der Waals surface area contributed by atoms with E-state index in [1.807, 2.05) is 0 Å². The molecule has 6 N–H and O–H groups in total. The minimum Gasteiger partial charge on any atom is -0.492 e. The van der Waals surface area contributed by atoms with Crippen LogP contribution in [-0.2, 0) is 57.4 Å². The minimum atomic E-state index is -1.91. The van der Waals surface area contributed by atoms with Gasteiger partial charge in [-0.2, -0.15) is 0 Å². The lowest BCUT2D eigenvalue weighted by Gasteiger charge is -2.36. The number of rotatable bonds is 12. The van der Waals surface area contributed by atoms with Crippen molar-refractivity contribution in [2.45, 2.75) is 169 Å². The average Bonchev–Trinajstić information content (AvgIpc) is 0.910. The Kier molecular flexibility index (Phi) is 22.4. The number of nitrogens with one attached hydrogen (secondary N) is 4. The molecule has 524 valence electrons. The maximum atomic E-state index is 15.6. The number of aryl methyl sites for hydroxylation is 1. The number of nitrogens with zero attached hydrogens (tertiary/aromatic N) is 8. The quantitative estimate of drug-likeness (QED) is 0.0710. The number of esters is 2. The summed E-state index contributed by atoms with van der Waals surface area (Å²) >= 11 is 0. The van der Waals surface area contributed by atoms with E-state index in [0.29, 0.717) is 19.4 Å². The first-order chi connectivity index (χ1) is 45.1. The molecular weight excluding hydrogens is 1250 g/mol. The fourth-order valence-electron chi connectivity index (χ4n) is 13.0. The number of cyclic esters (lactones) is 2. The van der Waals surface area contributed by atoms with Gasteiger partial charge in [-0.05, 0) is 83.1 Å². The predicted molar refractivity (Wildman–Crippen MR) is 347 cm³/mol. The summed E-state index contributed by atoms with van der Waals surface area (Å²) in [6.45, 7) is 20.6. The molecule has 10 atom stereocenters. The largest absolute Gasteiger partial charge is 0.492 e. The van der Waals surface area contributed by atoms with Crippen LogP contribution in [0.1, 0.15) is 127 Å². The van der Waals surface area contributed by atoms with Gasteiger partial charge in [-0.1, -0.05) is 55.4 Å². The summed E-state index contributed by atoms with van der Waals surface area (Å²) in [6, 6.07) is -9.57. The van der Waals surface area contributed by atoms with Gasteiger partial charge in [-0.15, -0.1) is 0 Å². The number of carbonyl (C=O) groups is 12. The van der Waals surface area contributed by atoms with Gasteiger partial charge in [-0.25, -0.2) is 14.6 Å². The summed E-state index contributed by atoms with van der Waals surface area (Å²) in [5, 5.41) is 10.8. The Balaban J connectivity index is 1.25. The topological polar surface area (TPSA) is 372 Å². The van der Waals surface area contributed by atoms with E-state index in [-0.39, 0.29) is 71.8 Å². The molecule has 96 heavy (non-hydrogen) atoms. The molecule has 5 fully saturated rings. The molecule has 7 aliphatic rings. The van der Waals surface area contributed by atoms with Gasteiger partial charge in [-0.3, -0.25) is 57.6 Å². The Morgan fingerprint density at radius 2 is 1.08 bits per heavy atom. The molecule has 1 aromatic rings. The fourth-order valence-corrected chi connectivity index (χ4v) is 13.0. The Hall–Kier alpha value is -8.96. The van der Waals surface area contributed by atoms with Crippen LogP contribution in [0.2, 0.25) is 0 Å². The van der Waals surface area contributed by atoms with Crippen LogP contribution in [0.4, 0.5) is 5.69 Å². The van der Waals surface area contributed by atoms with Gasteiger partial charge >= 0.3 is 11.9 Å². The van der Waals surface area contributed by atoms with Crippen molar-refractivity contribution in [2.24, 2.45) is 23.7 Å². The summed E-state index contributed by atoms with van der Waals surface area (Å²) in [6.07, 6.45) is -1.74. The van der Waals surface area contributed by atoms with Gasteiger partial charge in [0.2, 0.25) is 52.7 Å². The van der Waals surface area contributed by atoms with Gasteiger partial charge in [0, 0.05) is 72.0 Å². The zero-order valence-electron chi connectivity index (χ0n) is 57.7. The first kappa shape index (κ1) is 72.9. The van der Waals surface area contributed by atoms with Crippen molar-refractivity contribution in [1.82, 2.24) is 60.6 Å². The highest BCUT2D eigenvalue weighted by Gasteiger charge is 2.47. The molecule has 10 amide bonds. The Morgan fingerprint density at radius 1 is 0.635 bits per heavy atom. The fraction of sp³-hybridized carbons (Fsp3) is 0.636. The maximum Gasteiger partial charge on any atom is 0.329 e. The molecule has 8 rings (SSSR count). The van der Waals surface area contributed by atoms with E-state index < -0.39 is 191 Å². The number of benzene rings is 2. The van der Waals surface area contributed by atoms with E-state index in [9.17, 15) is 43.2 Å². The lowest BCUT2D eigenvalue weighted by atomic mass is 9.98. The van der Waals surface area contributed by atoms with Crippen LogP contribution < -0.4 is 37.2 Å². The Labute approximate surface area is 557 Å². The number of fused-ring (bicyclic) bond motifs is 4. The molecule has 1 aliphatic carbocycles. The van der Waals surface area contributed by atoms with E-state index in [1.165, 1.54) is 74.6 Å². The smallest absolute Gasteiger partial charge is 0.329 e. The lowest BCUT2D eigenvalue weighted by molar-refractivity contribution is -0.163. The van der Waals surface area contributed by atoms with Crippen LogP contribution in [-0.4, -0.2) is 251 Å². The van der Waals surface area contributed by atoms with Crippen LogP contribution >= 0.6 is 0 Å². The van der Waals surface area contributed by atoms with Crippen LogP contribution in [0.5, 0.6) is 5.75 Å². The molecule has 30 heteroatoms. The molecule has 0 bridgehead atoms. The monoisotopic (exact) mass is 1340 g/mol. The van der Waals surface area contributed by atoms with Crippen molar-refractivity contribution in [2.75, 3.05) is 86.3 Å². The second kappa shape index (κ2) is 29.6. The zero-order chi connectivity index (χ0) is 71.0. The number of aromatic nitrogens is 1.